The number of nitrogens with zero attached hydrogens (tertiary/aromatic N) is 1. The number of ether oxygens (including phenoxy) is 1. The highest BCUT2D eigenvalue weighted by Crippen LogP contribution is 2.33. The van der Waals surface area contributed by atoms with Gasteiger partial charge in [-0.3, -0.25) is 0 Å². The van der Waals surface area contributed by atoms with Gasteiger partial charge >= 0.3 is 0 Å². The van der Waals surface area contributed by atoms with Gasteiger partial charge in [0, 0.05) is 18.2 Å². The molecule has 0 saturated heterocycles. The molecule has 2 aromatic carbocycles. The monoisotopic (exact) mass is 452 g/mol. The summed E-state index contributed by atoms with van der Waals surface area (Å²) >= 11 is 12.6. The van der Waals surface area contributed by atoms with Gasteiger partial charge in [-0.05, 0) is 47.5 Å². The zero-order valence-corrected chi connectivity index (χ0v) is 18.3. The highest BCUT2D eigenvalue weighted by Gasteiger charge is 2.29. The van der Waals surface area contributed by atoms with E-state index in [1.807, 2.05) is 54.6 Å². The number of benzene rings is 2. The van der Waals surface area contributed by atoms with Crippen molar-refractivity contribution in [3.05, 3.63) is 92.8 Å². The van der Waals surface area contributed by atoms with Crippen molar-refractivity contribution < 1.29 is 9.38 Å². The molecule has 0 aromatic heterocycles. The van der Waals surface area contributed by atoms with Crippen LogP contribution in [-0.2, 0) is 6.42 Å². The SMILES string of the molecule is COc1cccc(/C=C/C2=C(Cl)C=C(Cl)C[N+]2([O-])CCc2ccc(N)cc2)c1.Cl. The van der Waals surface area contributed by atoms with Crippen molar-refractivity contribution >= 4 is 47.4 Å². The molecule has 0 radical (unpaired) electrons. The van der Waals surface area contributed by atoms with Crippen LogP contribution in [0.5, 0.6) is 5.75 Å². The lowest BCUT2D eigenvalue weighted by molar-refractivity contribution is -0.834. The van der Waals surface area contributed by atoms with Crippen LogP contribution in [0.4, 0.5) is 5.69 Å². The van der Waals surface area contributed by atoms with Crippen LogP contribution in [0.25, 0.3) is 6.08 Å². The molecule has 0 amide bonds. The zero-order valence-electron chi connectivity index (χ0n) is 16.0. The Bertz CT molecular complexity index is 939. The van der Waals surface area contributed by atoms with Gasteiger partial charge in [-0.2, -0.15) is 0 Å². The van der Waals surface area contributed by atoms with E-state index in [4.69, 9.17) is 33.7 Å². The number of allylic oxidation sites excluding steroid dienone is 3. The number of quaternary nitrogens is 1. The lowest BCUT2D eigenvalue weighted by Gasteiger charge is -2.44. The summed E-state index contributed by atoms with van der Waals surface area (Å²) in [5, 5.41) is 14.4. The van der Waals surface area contributed by atoms with Crippen LogP contribution in [-0.4, -0.2) is 24.8 Å². The molecule has 2 N–H and O–H groups in total. The largest absolute Gasteiger partial charge is 0.627 e. The normalized spacial score (nSPS) is 19.1. The molecule has 1 aliphatic heterocycles. The average molecular weight is 454 g/mol. The Morgan fingerprint density at radius 3 is 2.55 bits per heavy atom. The van der Waals surface area contributed by atoms with E-state index in [1.54, 1.807) is 19.3 Å². The first-order valence-electron chi connectivity index (χ1n) is 8.91. The summed E-state index contributed by atoms with van der Waals surface area (Å²) in [5.74, 6) is 0.750. The van der Waals surface area contributed by atoms with E-state index < -0.39 is 4.65 Å². The van der Waals surface area contributed by atoms with Gasteiger partial charge in [-0.15, -0.1) is 12.4 Å². The number of hydrogen-bond acceptors (Lipinski definition) is 3. The number of hydrogen-bond donors (Lipinski definition) is 1. The van der Waals surface area contributed by atoms with Gasteiger partial charge in [-0.25, -0.2) is 0 Å². The van der Waals surface area contributed by atoms with Crippen molar-refractivity contribution in [2.24, 2.45) is 0 Å². The predicted octanol–water partition coefficient (Wildman–Crippen LogP) is 5.86. The number of methoxy groups -OCH3 is 1. The fourth-order valence-electron chi connectivity index (χ4n) is 3.11. The first kappa shape index (κ1) is 23.3. The first-order valence-corrected chi connectivity index (χ1v) is 9.66. The van der Waals surface area contributed by atoms with Crippen LogP contribution in [0, 0.1) is 5.21 Å². The van der Waals surface area contributed by atoms with Crippen molar-refractivity contribution in [3.8, 4) is 5.75 Å². The standard InChI is InChI=1S/C22H22Cl2N2O2.ClH/c1-28-20-4-2-3-17(13-20)7-10-22-21(24)14-18(23)15-26(22,27)12-11-16-5-8-19(25)9-6-16;/h2-10,13-14H,11-12,15,25H2,1H3;1H/b10-7+;. The van der Waals surface area contributed by atoms with Gasteiger partial charge < -0.3 is 20.3 Å². The quantitative estimate of drug-likeness (QED) is 0.339. The molecule has 1 atom stereocenters. The van der Waals surface area contributed by atoms with E-state index in [1.165, 1.54) is 0 Å². The molecule has 154 valence electrons. The van der Waals surface area contributed by atoms with Crippen molar-refractivity contribution in [3.63, 3.8) is 0 Å². The summed E-state index contributed by atoms with van der Waals surface area (Å²) in [6.45, 7) is 0.479. The summed E-state index contributed by atoms with van der Waals surface area (Å²) in [6, 6.07) is 15.1. The van der Waals surface area contributed by atoms with Gasteiger partial charge in [-0.1, -0.05) is 47.5 Å². The molecule has 2 aromatic rings. The van der Waals surface area contributed by atoms with Gasteiger partial charge in [0.25, 0.3) is 0 Å². The Balaban J connectivity index is 0.00000300. The van der Waals surface area contributed by atoms with Crippen molar-refractivity contribution in [1.82, 2.24) is 0 Å². The highest BCUT2D eigenvalue weighted by atomic mass is 35.5. The van der Waals surface area contributed by atoms with Crippen molar-refractivity contribution in [2.75, 3.05) is 25.9 Å². The molecule has 7 heteroatoms. The van der Waals surface area contributed by atoms with Crippen LogP contribution in [0.3, 0.4) is 0 Å². The fraction of sp³-hybridized carbons (Fsp3) is 0.182. The van der Waals surface area contributed by atoms with Crippen LogP contribution in [0.2, 0.25) is 0 Å². The Hall–Kier alpha value is -1.95. The molecule has 0 aliphatic carbocycles. The van der Waals surface area contributed by atoms with E-state index in [0.29, 0.717) is 34.4 Å². The Morgan fingerprint density at radius 1 is 1.14 bits per heavy atom. The summed E-state index contributed by atoms with van der Waals surface area (Å²) in [6.07, 6.45) is 5.87. The summed E-state index contributed by atoms with van der Waals surface area (Å²) < 4.78 is 4.63. The van der Waals surface area contributed by atoms with E-state index in [9.17, 15) is 5.21 Å². The molecule has 0 spiro atoms. The number of anilines is 1. The third-order valence-corrected chi connectivity index (χ3v) is 5.17. The lowest BCUT2D eigenvalue weighted by Crippen LogP contribution is -2.45. The second-order valence-electron chi connectivity index (χ2n) is 6.70. The van der Waals surface area contributed by atoms with Crippen LogP contribution >= 0.6 is 35.6 Å². The molecule has 4 nitrogen and oxygen atoms in total. The predicted molar refractivity (Wildman–Crippen MR) is 124 cm³/mol. The molecule has 29 heavy (non-hydrogen) atoms. The smallest absolute Gasteiger partial charge is 0.152 e. The molecular weight excluding hydrogens is 431 g/mol. The van der Waals surface area contributed by atoms with Gasteiger partial charge in [0.05, 0.1) is 18.7 Å². The van der Waals surface area contributed by atoms with E-state index >= 15 is 0 Å². The van der Waals surface area contributed by atoms with Crippen LogP contribution < -0.4 is 10.5 Å². The second kappa shape index (κ2) is 10.2. The number of halogens is 3. The Morgan fingerprint density at radius 2 is 1.86 bits per heavy atom. The number of hydroxylamine groups is 3. The maximum atomic E-state index is 13.6. The van der Waals surface area contributed by atoms with E-state index in [0.717, 1.165) is 16.9 Å². The van der Waals surface area contributed by atoms with Crippen LogP contribution in [0.15, 0.2) is 76.4 Å². The lowest BCUT2D eigenvalue weighted by atomic mass is 10.1. The number of nitrogen functional groups attached to an aromatic ring is 1. The Kier molecular flexibility index (Phi) is 8.20. The van der Waals surface area contributed by atoms with Gasteiger partial charge in [0.15, 0.2) is 5.70 Å². The molecule has 1 aliphatic rings. The van der Waals surface area contributed by atoms with Gasteiger partial charge in [0.1, 0.15) is 17.3 Å². The summed E-state index contributed by atoms with van der Waals surface area (Å²) in [4.78, 5) is 0. The minimum atomic E-state index is -0.612. The molecular formula is C22H23Cl3N2O2. The third kappa shape index (κ3) is 6.01. The molecule has 0 fully saturated rings. The zero-order chi connectivity index (χ0) is 20.1. The molecule has 1 unspecified atom stereocenters. The van der Waals surface area contributed by atoms with Gasteiger partial charge in [0.2, 0.25) is 0 Å². The highest BCUT2D eigenvalue weighted by molar-refractivity contribution is 6.35. The van der Waals surface area contributed by atoms with Crippen LogP contribution in [0.1, 0.15) is 11.1 Å². The number of nitrogens with two attached hydrogens (primary N) is 1. The maximum Gasteiger partial charge on any atom is 0.152 e. The van der Waals surface area contributed by atoms with E-state index in [-0.39, 0.29) is 19.0 Å². The maximum absolute atomic E-state index is 13.6. The molecule has 0 saturated carbocycles. The van der Waals surface area contributed by atoms with Crippen molar-refractivity contribution in [2.45, 2.75) is 6.42 Å². The first-order chi connectivity index (χ1) is 13.4. The number of rotatable bonds is 6. The summed E-state index contributed by atoms with van der Waals surface area (Å²) in [5.41, 5.74) is 8.88. The molecule has 1 heterocycles. The summed E-state index contributed by atoms with van der Waals surface area (Å²) in [7, 11) is 1.62. The minimum Gasteiger partial charge on any atom is -0.627 e. The molecule has 3 rings (SSSR count). The topological polar surface area (TPSA) is 58.3 Å². The fourth-order valence-corrected chi connectivity index (χ4v) is 3.82. The second-order valence-corrected chi connectivity index (χ2v) is 7.59. The van der Waals surface area contributed by atoms with E-state index in [2.05, 4.69) is 0 Å². The third-order valence-electron chi connectivity index (χ3n) is 4.64. The van der Waals surface area contributed by atoms with Crippen molar-refractivity contribution in [1.29, 1.82) is 0 Å². The minimum absolute atomic E-state index is 0. The average Bonchev–Trinajstić information content (AvgIpc) is 2.67. The Labute approximate surface area is 187 Å². The molecule has 0 bridgehead atoms.